The molecule has 8 nitrogen and oxygen atoms in total. The van der Waals surface area contributed by atoms with Crippen LogP contribution in [-0.2, 0) is 20.7 Å². The summed E-state index contributed by atoms with van der Waals surface area (Å²) in [5.41, 5.74) is 1.81. The van der Waals surface area contributed by atoms with Crippen molar-refractivity contribution < 1.29 is 14.3 Å². The van der Waals surface area contributed by atoms with Gasteiger partial charge in [-0.3, -0.25) is 9.59 Å². The first-order valence-electron chi connectivity index (χ1n) is 8.30. The van der Waals surface area contributed by atoms with Gasteiger partial charge in [-0.25, -0.2) is 9.50 Å². The molecule has 1 N–H and O–H groups in total. The topological polar surface area (TPSA) is 98.5 Å². The molecule has 1 atom stereocenters. The standard InChI is InChI=1S/C17H25N5O3S/c1-9-12(10(2)22-15(18-9)19-16(21-22)26-7)8-13(23)25-11(3)14(24)20-17(4,5)6/h11H,8H2,1-7H3,(H,20,24). The molecule has 1 unspecified atom stereocenters. The monoisotopic (exact) mass is 379 g/mol. The summed E-state index contributed by atoms with van der Waals surface area (Å²) in [6.07, 6.45) is 1.04. The van der Waals surface area contributed by atoms with Gasteiger partial charge in [0.05, 0.1) is 6.42 Å². The summed E-state index contributed by atoms with van der Waals surface area (Å²) in [6.45, 7) is 10.8. The molecular formula is C17H25N5O3S. The number of esters is 1. The SMILES string of the molecule is CSc1nc2nc(C)c(CC(=O)OC(C)C(=O)NC(C)(C)C)c(C)n2n1. The van der Waals surface area contributed by atoms with E-state index in [1.165, 1.54) is 11.8 Å². The molecule has 2 rings (SSSR count). The molecule has 2 heterocycles. The van der Waals surface area contributed by atoms with E-state index in [9.17, 15) is 9.59 Å². The zero-order valence-electron chi connectivity index (χ0n) is 16.2. The first-order valence-corrected chi connectivity index (χ1v) is 9.52. The number of hydrogen-bond acceptors (Lipinski definition) is 7. The molecule has 0 spiro atoms. The molecule has 0 fully saturated rings. The molecule has 0 bridgehead atoms. The van der Waals surface area contributed by atoms with Crippen molar-refractivity contribution >= 4 is 29.4 Å². The quantitative estimate of drug-likeness (QED) is 0.625. The van der Waals surface area contributed by atoms with Crippen molar-refractivity contribution in [2.75, 3.05) is 6.26 Å². The van der Waals surface area contributed by atoms with Crippen LogP contribution in [0.1, 0.15) is 44.6 Å². The zero-order chi connectivity index (χ0) is 19.6. The second-order valence-corrected chi connectivity index (χ2v) is 7.89. The Morgan fingerprint density at radius 1 is 1.27 bits per heavy atom. The number of carbonyl (C=O) groups is 2. The Hall–Kier alpha value is -2.16. The summed E-state index contributed by atoms with van der Waals surface area (Å²) in [6, 6.07) is 0. The number of ether oxygens (including phenoxy) is 1. The molecule has 9 heteroatoms. The molecule has 0 aromatic carbocycles. The first-order chi connectivity index (χ1) is 12.0. The van der Waals surface area contributed by atoms with E-state index in [0.717, 1.165) is 11.3 Å². The van der Waals surface area contributed by atoms with Gasteiger partial charge in [-0.15, -0.1) is 5.10 Å². The average molecular weight is 379 g/mol. The number of nitrogens with zero attached hydrogens (tertiary/aromatic N) is 4. The summed E-state index contributed by atoms with van der Waals surface area (Å²) in [4.78, 5) is 33.1. The van der Waals surface area contributed by atoms with E-state index in [-0.39, 0.29) is 17.9 Å². The van der Waals surface area contributed by atoms with Gasteiger partial charge in [0.15, 0.2) is 6.10 Å². The number of amides is 1. The van der Waals surface area contributed by atoms with E-state index in [1.54, 1.807) is 11.4 Å². The van der Waals surface area contributed by atoms with Crippen molar-refractivity contribution in [1.82, 2.24) is 24.9 Å². The van der Waals surface area contributed by atoms with Gasteiger partial charge in [0.2, 0.25) is 5.16 Å². The molecule has 142 valence electrons. The third kappa shape index (κ3) is 4.72. The fraction of sp³-hybridized carbons (Fsp3) is 0.588. The molecule has 0 saturated heterocycles. The maximum Gasteiger partial charge on any atom is 0.311 e. The van der Waals surface area contributed by atoms with Crippen LogP contribution in [0.2, 0.25) is 0 Å². The van der Waals surface area contributed by atoms with Gasteiger partial charge >= 0.3 is 5.97 Å². The maximum absolute atomic E-state index is 12.3. The highest BCUT2D eigenvalue weighted by molar-refractivity contribution is 7.98. The van der Waals surface area contributed by atoms with Crippen molar-refractivity contribution in [3.8, 4) is 0 Å². The third-order valence-electron chi connectivity index (χ3n) is 3.71. The van der Waals surface area contributed by atoms with Crippen molar-refractivity contribution in [2.45, 2.75) is 64.8 Å². The number of hydrogen-bond donors (Lipinski definition) is 1. The summed E-state index contributed by atoms with van der Waals surface area (Å²) in [5, 5.41) is 7.77. The highest BCUT2D eigenvalue weighted by Crippen LogP contribution is 2.17. The Morgan fingerprint density at radius 3 is 2.50 bits per heavy atom. The van der Waals surface area contributed by atoms with Gasteiger partial charge in [0, 0.05) is 22.5 Å². The number of rotatable bonds is 5. The van der Waals surface area contributed by atoms with Crippen molar-refractivity contribution in [3.05, 3.63) is 17.0 Å². The van der Waals surface area contributed by atoms with Crippen molar-refractivity contribution in [1.29, 1.82) is 0 Å². The minimum Gasteiger partial charge on any atom is -0.452 e. The van der Waals surface area contributed by atoms with Gasteiger partial charge in [0.25, 0.3) is 11.7 Å². The van der Waals surface area contributed by atoms with Crippen LogP contribution in [0.3, 0.4) is 0 Å². The third-order valence-corrected chi connectivity index (χ3v) is 4.25. The molecule has 0 aliphatic rings. The van der Waals surface area contributed by atoms with Crippen LogP contribution in [0.4, 0.5) is 0 Å². The van der Waals surface area contributed by atoms with Crippen molar-refractivity contribution in [2.24, 2.45) is 0 Å². The van der Waals surface area contributed by atoms with Crippen LogP contribution >= 0.6 is 11.8 Å². The summed E-state index contributed by atoms with van der Waals surface area (Å²) in [5.74, 6) is -0.313. The number of fused-ring (bicyclic) bond motifs is 1. The van der Waals surface area contributed by atoms with Crippen LogP contribution < -0.4 is 5.32 Å². The number of nitrogens with one attached hydrogen (secondary N) is 1. The molecule has 0 radical (unpaired) electrons. The van der Waals surface area contributed by atoms with Gasteiger partial charge in [-0.05, 0) is 47.8 Å². The molecular weight excluding hydrogens is 354 g/mol. The highest BCUT2D eigenvalue weighted by atomic mass is 32.2. The fourth-order valence-electron chi connectivity index (χ4n) is 2.44. The van der Waals surface area contributed by atoms with Crippen LogP contribution in [0.25, 0.3) is 5.78 Å². The van der Waals surface area contributed by atoms with E-state index in [4.69, 9.17) is 4.74 Å². The fourth-order valence-corrected chi connectivity index (χ4v) is 2.78. The number of carbonyl (C=O) groups excluding carboxylic acids is 2. The maximum atomic E-state index is 12.3. The highest BCUT2D eigenvalue weighted by Gasteiger charge is 2.23. The molecule has 0 saturated carbocycles. The summed E-state index contributed by atoms with van der Waals surface area (Å²) >= 11 is 1.43. The van der Waals surface area contributed by atoms with Gasteiger partial charge < -0.3 is 10.1 Å². The van der Waals surface area contributed by atoms with E-state index in [0.29, 0.717) is 16.6 Å². The second kappa shape index (κ2) is 7.61. The first kappa shape index (κ1) is 20.2. The molecule has 2 aromatic rings. The van der Waals surface area contributed by atoms with Gasteiger partial charge in [0.1, 0.15) is 0 Å². The largest absolute Gasteiger partial charge is 0.452 e. The lowest BCUT2D eigenvalue weighted by Crippen LogP contribution is -2.46. The molecule has 0 aliphatic carbocycles. The second-order valence-electron chi connectivity index (χ2n) is 7.12. The van der Waals surface area contributed by atoms with E-state index in [2.05, 4.69) is 20.4 Å². The lowest BCUT2D eigenvalue weighted by atomic mass is 10.1. The smallest absolute Gasteiger partial charge is 0.311 e. The Bertz CT molecular complexity index is 841. The lowest BCUT2D eigenvalue weighted by Gasteiger charge is -2.23. The predicted octanol–water partition coefficient (Wildman–Crippen LogP) is 1.85. The Morgan fingerprint density at radius 2 is 1.92 bits per heavy atom. The molecule has 26 heavy (non-hydrogen) atoms. The normalized spacial score (nSPS) is 12.9. The summed E-state index contributed by atoms with van der Waals surface area (Å²) < 4.78 is 6.90. The number of aryl methyl sites for hydroxylation is 2. The Balaban J connectivity index is 2.15. The molecule has 1 amide bonds. The van der Waals surface area contributed by atoms with Gasteiger partial charge in [-0.2, -0.15) is 4.98 Å². The predicted molar refractivity (Wildman–Crippen MR) is 99.2 cm³/mol. The van der Waals surface area contributed by atoms with Crippen molar-refractivity contribution in [3.63, 3.8) is 0 Å². The lowest BCUT2D eigenvalue weighted by molar-refractivity contribution is -0.154. The van der Waals surface area contributed by atoms with Crippen LogP contribution in [0, 0.1) is 13.8 Å². The molecule has 0 aliphatic heterocycles. The number of aromatic nitrogens is 4. The Kier molecular flexibility index (Phi) is 5.90. The Labute approximate surface area is 157 Å². The van der Waals surface area contributed by atoms with Crippen LogP contribution in [-0.4, -0.2) is 49.4 Å². The minimum atomic E-state index is -0.867. The summed E-state index contributed by atoms with van der Waals surface area (Å²) in [7, 11) is 0. The van der Waals surface area contributed by atoms with Gasteiger partial charge in [-0.1, -0.05) is 11.8 Å². The average Bonchev–Trinajstić information content (AvgIpc) is 2.92. The van der Waals surface area contributed by atoms with Crippen LogP contribution in [0.5, 0.6) is 0 Å². The number of thioether (sulfide) groups is 1. The zero-order valence-corrected chi connectivity index (χ0v) is 17.0. The molecule has 2 aromatic heterocycles. The minimum absolute atomic E-state index is 0.0161. The van der Waals surface area contributed by atoms with Crippen LogP contribution in [0.15, 0.2) is 5.16 Å². The van der Waals surface area contributed by atoms with E-state index >= 15 is 0 Å². The van der Waals surface area contributed by atoms with E-state index in [1.807, 2.05) is 40.9 Å². The van der Waals surface area contributed by atoms with E-state index < -0.39 is 12.1 Å².